The number of thioether (sulfide) groups is 2. The van der Waals surface area contributed by atoms with E-state index in [4.69, 9.17) is 0 Å². The molecule has 70 valence electrons. The van der Waals surface area contributed by atoms with Gasteiger partial charge in [0.2, 0.25) is 0 Å². The summed E-state index contributed by atoms with van der Waals surface area (Å²) in [7, 11) is 0. The van der Waals surface area contributed by atoms with Gasteiger partial charge < -0.3 is 5.32 Å². The summed E-state index contributed by atoms with van der Waals surface area (Å²) < 4.78 is 0. The predicted octanol–water partition coefficient (Wildman–Crippen LogP) is 2.18. The van der Waals surface area contributed by atoms with Gasteiger partial charge in [0.25, 0.3) is 0 Å². The summed E-state index contributed by atoms with van der Waals surface area (Å²) in [5, 5.41) is 4.48. The quantitative estimate of drug-likeness (QED) is 0.701. The van der Waals surface area contributed by atoms with Crippen LogP contribution in [0.15, 0.2) is 0 Å². The van der Waals surface area contributed by atoms with Gasteiger partial charge in [0.1, 0.15) is 0 Å². The van der Waals surface area contributed by atoms with Gasteiger partial charge in [-0.15, -0.1) is 11.8 Å². The fraction of sp³-hybridized carbons (Fsp3) is 1.00. The molecule has 2 fully saturated rings. The molecule has 0 radical (unpaired) electrons. The van der Waals surface area contributed by atoms with Crippen LogP contribution in [0.3, 0.4) is 0 Å². The summed E-state index contributed by atoms with van der Waals surface area (Å²) >= 11 is 4.26. The third-order valence-electron chi connectivity index (χ3n) is 2.69. The summed E-state index contributed by atoms with van der Waals surface area (Å²) in [6, 6.07) is 0.752. The number of hydrogen-bond acceptors (Lipinski definition) is 3. The first-order valence-electron chi connectivity index (χ1n) is 4.81. The minimum atomic E-state index is 0.752. The van der Waals surface area contributed by atoms with Gasteiger partial charge >= 0.3 is 0 Å². The zero-order chi connectivity index (χ0) is 8.39. The second-order valence-corrected chi connectivity index (χ2v) is 6.17. The number of nitrogens with one attached hydrogen (secondary N) is 1. The molecule has 0 aromatic rings. The fourth-order valence-electron chi connectivity index (χ4n) is 1.85. The molecule has 0 bridgehead atoms. The van der Waals surface area contributed by atoms with Crippen molar-refractivity contribution in [3.05, 3.63) is 0 Å². The molecule has 0 saturated carbocycles. The largest absolute Gasteiger partial charge is 0.303 e. The predicted molar refractivity (Wildman–Crippen MR) is 58.9 cm³/mol. The van der Waals surface area contributed by atoms with Gasteiger partial charge in [-0.25, -0.2) is 0 Å². The third kappa shape index (κ3) is 2.12. The monoisotopic (exact) mass is 203 g/mol. The molecule has 0 aliphatic carbocycles. The van der Waals surface area contributed by atoms with Crippen molar-refractivity contribution in [3.8, 4) is 0 Å². The highest BCUT2D eigenvalue weighted by Gasteiger charge is 2.28. The van der Waals surface area contributed by atoms with Crippen molar-refractivity contribution in [2.75, 3.05) is 17.3 Å². The maximum atomic E-state index is 3.71. The van der Waals surface area contributed by atoms with Crippen molar-refractivity contribution in [3.63, 3.8) is 0 Å². The molecule has 0 amide bonds. The molecule has 0 spiro atoms. The zero-order valence-electron chi connectivity index (χ0n) is 7.58. The zero-order valence-corrected chi connectivity index (χ0v) is 9.22. The van der Waals surface area contributed by atoms with E-state index in [9.17, 15) is 0 Å². The highest BCUT2D eigenvalue weighted by atomic mass is 32.2. The Kier molecular flexibility index (Phi) is 3.27. The Morgan fingerprint density at radius 1 is 1.25 bits per heavy atom. The minimum Gasteiger partial charge on any atom is -0.303 e. The van der Waals surface area contributed by atoms with Crippen molar-refractivity contribution < 1.29 is 0 Å². The van der Waals surface area contributed by atoms with Crippen LogP contribution >= 0.6 is 23.5 Å². The van der Waals surface area contributed by atoms with Crippen molar-refractivity contribution in [1.29, 1.82) is 0 Å². The first kappa shape index (κ1) is 9.22. The first-order chi connectivity index (χ1) is 5.86. The van der Waals surface area contributed by atoms with E-state index in [-0.39, 0.29) is 0 Å². The molecule has 3 heteroatoms. The van der Waals surface area contributed by atoms with Crippen LogP contribution in [0, 0.1) is 5.92 Å². The molecule has 0 aromatic carbocycles. The molecule has 3 atom stereocenters. The van der Waals surface area contributed by atoms with Gasteiger partial charge in [-0.3, -0.25) is 0 Å². The second-order valence-electron chi connectivity index (χ2n) is 3.77. The smallest absolute Gasteiger partial charge is 0.0570 e. The maximum Gasteiger partial charge on any atom is 0.0570 e. The molecule has 12 heavy (non-hydrogen) atoms. The second kappa shape index (κ2) is 4.25. The third-order valence-corrected chi connectivity index (χ3v) is 5.23. The standard InChI is InChI=1S/C9H17NS2/c1-7-2-5-12-9(10-7)8-3-4-11-6-8/h7-10H,2-6H2,1H3. The topological polar surface area (TPSA) is 12.0 Å². The van der Waals surface area contributed by atoms with Gasteiger partial charge in [-0.2, -0.15) is 11.8 Å². The molecule has 2 heterocycles. The summed E-state index contributed by atoms with van der Waals surface area (Å²) in [6.45, 7) is 2.31. The lowest BCUT2D eigenvalue weighted by atomic mass is 10.1. The van der Waals surface area contributed by atoms with Gasteiger partial charge in [0.05, 0.1) is 5.37 Å². The lowest BCUT2D eigenvalue weighted by Gasteiger charge is -2.32. The van der Waals surface area contributed by atoms with Crippen LogP contribution in [0.1, 0.15) is 19.8 Å². The van der Waals surface area contributed by atoms with E-state index in [1.807, 2.05) is 0 Å². The number of rotatable bonds is 1. The van der Waals surface area contributed by atoms with Crippen LogP contribution in [0.5, 0.6) is 0 Å². The SMILES string of the molecule is CC1CCSC(C2CCSC2)N1. The fourth-order valence-corrected chi connectivity index (χ4v) is 4.84. The molecule has 1 N–H and O–H groups in total. The van der Waals surface area contributed by atoms with E-state index < -0.39 is 0 Å². The highest BCUT2D eigenvalue weighted by Crippen LogP contribution is 2.33. The van der Waals surface area contributed by atoms with Gasteiger partial charge in [-0.05, 0) is 42.9 Å². The number of hydrogen-bond donors (Lipinski definition) is 1. The Morgan fingerprint density at radius 2 is 2.17 bits per heavy atom. The van der Waals surface area contributed by atoms with E-state index in [1.54, 1.807) is 0 Å². The molecular formula is C9H17NS2. The van der Waals surface area contributed by atoms with E-state index in [1.165, 1.54) is 30.1 Å². The molecule has 1 nitrogen and oxygen atoms in total. The summed E-state index contributed by atoms with van der Waals surface area (Å²) in [6.07, 6.45) is 2.78. The lowest BCUT2D eigenvalue weighted by molar-refractivity contribution is 0.419. The normalized spacial score (nSPS) is 43.2. The van der Waals surface area contributed by atoms with E-state index >= 15 is 0 Å². The minimum absolute atomic E-state index is 0.752. The van der Waals surface area contributed by atoms with Gasteiger partial charge in [0.15, 0.2) is 0 Å². The van der Waals surface area contributed by atoms with Crippen LogP contribution in [0.4, 0.5) is 0 Å². The van der Waals surface area contributed by atoms with E-state index in [0.717, 1.165) is 17.3 Å². The summed E-state index contributed by atoms with van der Waals surface area (Å²) in [5.74, 6) is 5.08. The summed E-state index contributed by atoms with van der Waals surface area (Å²) in [4.78, 5) is 0. The molecule has 2 aliphatic heterocycles. The molecule has 0 aromatic heterocycles. The molecule has 2 saturated heterocycles. The Hall–Kier alpha value is 0.660. The summed E-state index contributed by atoms with van der Waals surface area (Å²) in [5.41, 5.74) is 0. The first-order valence-corrected chi connectivity index (χ1v) is 7.02. The average Bonchev–Trinajstić information content (AvgIpc) is 2.56. The molecule has 2 rings (SSSR count). The van der Waals surface area contributed by atoms with E-state index in [2.05, 4.69) is 35.8 Å². The molecule has 3 unspecified atom stereocenters. The van der Waals surface area contributed by atoms with E-state index in [0.29, 0.717) is 0 Å². The van der Waals surface area contributed by atoms with Crippen LogP contribution in [-0.2, 0) is 0 Å². The van der Waals surface area contributed by atoms with Crippen molar-refractivity contribution in [2.24, 2.45) is 5.92 Å². The van der Waals surface area contributed by atoms with Gasteiger partial charge in [0, 0.05) is 6.04 Å². The molecular weight excluding hydrogens is 186 g/mol. The van der Waals surface area contributed by atoms with Crippen molar-refractivity contribution in [1.82, 2.24) is 5.32 Å². The van der Waals surface area contributed by atoms with Crippen LogP contribution in [0.2, 0.25) is 0 Å². The Balaban J connectivity index is 1.85. The average molecular weight is 203 g/mol. The van der Waals surface area contributed by atoms with Crippen LogP contribution in [-0.4, -0.2) is 28.7 Å². The Bertz CT molecular complexity index is 145. The Morgan fingerprint density at radius 3 is 2.83 bits per heavy atom. The Labute approximate surface area is 83.4 Å². The van der Waals surface area contributed by atoms with Crippen molar-refractivity contribution in [2.45, 2.75) is 31.2 Å². The maximum absolute atomic E-state index is 3.71. The van der Waals surface area contributed by atoms with Crippen molar-refractivity contribution >= 4 is 23.5 Å². The molecule has 2 aliphatic rings. The van der Waals surface area contributed by atoms with Crippen LogP contribution < -0.4 is 5.32 Å². The van der Waals surface area contributed by atoms with Gasteiger partial charge in [-0.1, -0.05) is 0 Å². The van der Waals surface area contributed by atoms with Crippen LogP contribution in [0.25, 0.3) is 0 Å². The highest BCUT2D eigenvalue weighted by molar-refractivity contribution is 8.00. The lowest BCUT2D eigenvalue weighted by Crippen LogP contribution is -2.43.